The number of likely N-dealkylation sites (tertiary alicyclic amines) is 1. The first-order valence-electron chi connectivity index (χ1n) is 9.84. The summed E-state index contributed by atoms with van der Waals surface area (Å²) in [5.74, 6) is 1.69. The number of imidazole rings is 1. The van der Waals surface area contributed by atoms with E-state index in [0.29, 0.717) is 18.2 Å². The molecule has 27 heavy (non-hydrogen) atoms. The molecule has 1 aliphatic heterocycles. The fourth-order valence-corrected chi connectivity index (χ4v) is 4.57. The number of nitrogens with zero attached hydrogens (tertiary/aromatic N) is 5. The number of fused-ring (bicyclic) bond motifs is 1. The van der Waals surface area contributed by atoms with Gasteiger partial charge in [0, 0.05) is 31.4 Å². The SMILES string of the molecule is O=C(c1ccccn1)N1CCC(n2c(C3CCCC3)nc3cccnc32)C1. The lowest BCUT2D eigenvalue weighted by atomic mass is 10.1. The second kappa shape index (κ2) is 6.76. The Kier molecular flexibility index (Phi) is 4.11. The highest BCUT2D eigenvalue weighted by molar-refractivity contribution is 5.92. The highest BCUT2D eigenvalue weighted by Gasteiger charge is 2.33. The third-order valence-electron chi connectivity index (χ3n) is 5.90. The lowest BCUT2D eigenvalue weighted by molar-refractivity contribution is 0.0782. The van der Waals surface area contributed by atoms with Crippen molar-refractivity contribution in [3.8, 4) is 0 Å². The smallest absolute Gasteiger partial charge is 0.272 e. The van der Waals surface area contributed by atoms with Crippen molar-refractivity contribution in [3.63, 3.8) is 0 Å². The molecule has 3 aromatic heterocycles. The van der Waals surface area contributed by atoms with Gasteiger partial charge in [0.2, 0.25) is 0 Å². The van der Waals surface area contributed by atoms with Gasteiger partial charge in [-0.3, -0.25) is 9.78 Å². The minimum absolute atomic E-state index is 0.0119. The van der Waals surface area contributed by atoms with Gasteiger partial charge in [-0.15, -0.1) is 0 Å². The molecule has 0 N–H and O–H groups in total. The van der Waals surface area contributed by atoms with Gasteiger partial charge in [0.15, 0.2) is 5.65 Å². The molecule has 1 saturated carbocycles. The van der Waals surface area contributed by atoms with Crippen LogP contribution in [0.3, 0.4) is 0 Å². The van der Waals surface area contributed by atoms with E-state index in [4.69, 9.17) is 4.98 Å². The van der Waals surface area contributed by atoms with E-state index in [1.165, 1.54) is 31.5 Å². The van der Waals surface area contributed by atoms with Gasteiger partial charge in [0.05, 0.1) is 6.04 Å². The van der Waals surface area contributed by atoms with Crippen molar-refractivity contribution in [2.24, 2.45) is 0 Å². The molecule has 2 aliphatic rings. The van der Waals surface area contributed by atoms with Gasteiger partial charge in [0.25, 0.3) is 5.91 Å². The molecule has 5 rings (SSSR count). The molecule has 1 atom stereocenters. The fourth-order valence-electron chi connectivity index (χ4n) is 4.57. The van der Waals surface area contributed by atoms with Gasteiger partial charge < -0.3 is 9.47 Å². The van der Waals surface area contributed by atoms with Crippen LogP contribution >= 0.6 is 0 Å². The summed E-state index contributed by atoms with van der Waals surface area (Å²) in [6, 6.07) is 9.70. The predicted octanol–water partition coefficient (Wildman–Crippen LogP) is 3.57. The van der Waals surface area contributed by atoms with Crippen LogP contribution in [-0.4, -0.2) is 43.4 Å². The van der Waals surface area contributed by atoms with E-state index in [-0.39, 0.29) is 11.9 Å². The zero-order chi connectivity index (χ0) is 18.2. The van der Waals surface area contributed by atoms with E-state index < -0.39 is 0 Å². The molecular formula is C21H23N5O. The van der Waals surface area contributed by atoms with Crippen LogP contribution in [0.1, 0.15) is 60.4 Å². The molecule has 4 heterocycles. The molecule has 0 radical (unpaired) electrons. The second-order valence-electron chi connectivity index (χ2n) is 7.58. The molecule has 2 fully saturated rings. The van der Waals surface area contributed by atoms with Gasteiger partial charge in [-0.25, -0.2) is 9.97 Å². The van der Waals surface area contributed by atoms with E-state index >= 15 is 0 Å². The molecule has 1 unspecified atom stereocenters. The topological polar surface area (TPSA) is 63.9 Å². The van der Waals surface area contributed by atoms with Gasteiger partial charge in [-0.1, -0.05) is 18.9 Å². The van der Waals surface area contributed by atoms with Crippen LogP contribution in [0.5, 0.6) is 0 Å². The number of carbonyl (C=O) groups excluding carboxylic acids is 1. The fraction of sp³-hybridized carbons (Fsp3) is 0.429. The summed E-state index contributed by atoms with van der Waals surface area (Å²) in [4.78, 5) is 28.5. The summed E-state index contributed by atoms with van der Waals surface area (Å²) in [5, 5.41) is 0. The van der Waals surface area contributed by atoms with E-state index in [1.807, 2.05) is 35.4 Å². The Hall–Kier alpha value is -2.76. The molecule has 6 nitrogen and oxygen atoms in total. The van der Waals surface area contributed by atoms with E-state index in [1.54, 1.807) is 12.3 Å². The number of hydrogen-bond donors (Lipinski definition) is 0. The standard InChI is InChI=1S/C21H23N5O/c27-21(18-8-3-4-11-22-18)25-13-10-16(14-25)26-19(15-6-1-2-7-15)24-17-9-5-12-23-20(17)26/h3-5,8-9,11-12,15-16H,1-2,6-7,10,13-14H2. The molecule has 3 aromatic rings. The van der Waals surface area contributed by atoms with E-state index in [2.05, 4.69) is 14.5 Å². The monoisotopic (exact) mass is 361 g/mol. The summed E-state index contributed by atoms with van der Waals surface area (Å²) in [6.07, 6.45) is 9.39. The zero-order valence-electron chi connectivity index (χ0n) is 15.3. The van der Waals surface area contributed by atoms with Crippen molar-refractivity contribution < 1.29 is 4.79 Å². The normalized spacial score (nSPS) is 20.6. The van der Waals surface area contributed by atoms with Crippen LogP contribution in [0, 0.1) is 0 Å². The summed E-state index contributed by atoms with van der Waals surface area (Å²) < 4.78 is 2.33. The third-order valence-corrected chi connectivity index (χ3v) is 5.90. The lowest BCUT2D eigenvalue weighted by Crippen LogP contribution is -2.30. The van der Waals surface area contributed by atoms with Crippen molar-refractivity contribution in [1.82, 2.24) is 24.4 Å². The molecule has 6 heteroatoms. The number of hydrogen-bond acceptors (Lipinski definition) is 4. The summed E-state index contributed by atoms with van der Waals surface area (Å²) in [5.41, 5.74) is 2.44. The Bertz CT molecular complexity index is 961. The van der Waals surface area contributed by atoms with Crippen molar-refractivity contribution in [3.05, 3.63) is 54.2 Å². The average Bonchev–Trinajstić information content (AvgIpc) is 3.46. The molecule has 1 saturated heterocycles. The number of pyridine rings is 2. The van der Waals surface area contributed by atoms with E-state index in [9.17, 15) is 4.79 Å². The van der Waals surface area contributed by atoms with Crippen LogP contribution in [-0.2, 0) is 0 Å². The van der Waals surface area contributed by atoms with Gasteiger partial charge in [-0.2, -0.15) is 0 Å². The van der Waals surface area contributed by atoms with Crippen LogP contribution < -0.4 is 0 Å². The number of rotatable bonds is 3. The molecule has 0 aromatic carbocycles. The quantitative estimate of drug-likeness (QED) is 0.715. The predicted molar refractivity (Wildman–Crippen MR) is 103 cm³/mol. The molecule has 138 valence electrons. The highest BCUT2D eigenvalue weighted by Crippen LogP contribution is 2.38. The maximum atomic E-state index is 12.8. The highest BCUT2D eigenvalue weighted by atomic mass is 16.2. The zero-order valence-corrected chi connectivity index (χ0v) is 15.3. The Morgan fingerprint density at radius 3 is 2.67 bits per heavy atom. The van der Waals surface area contributed by atoms with E-state index in [0.717, 1.165) is 24.1 Å². The van der Waals surface area contributed by atoms with Crippen LogP contribution in [0.25, 0.3) is 11.2 Å². The van der Waals surface area contributed by atoms with Gasteiger partial charge >= 0.3 is 0 Å². The van der Waals surface area contributed by atoms with Crippen molar-refractivity contribution in [2.75, 3.05) is 13.1 Å². The number of aromatic nitrogens is 4. The lowest BCUT2D eigenvalue weighted by Gasteiger charge is -2.20. The third kappa shape index (κ3) is 2.89. The Morgan fingerprint density at radius 1 is 1.00 bits per heavy atom. The van der Waals surface area contributed by atoms with Crippen molar-refractivity contribution in [2.45, 2.75) is 44.1 Å². The first-order valence-corrected chi connectivity index (χ1v) is 9.84. The first kappa shape index (κ1) is 16.4. The molecule has 0 bridgehead atoms. The van der Waals surface area contributed by atoms with Gasteiger partial charge in [0.1, 0.15) is 17.0 Å². The molecule has 1 amide bonds. The molecule has 0 spiro atoms. The number of amides is 1. The summed E-state index contributed by atoms with van der Waals surface area (Å²) in [7, 11) is 0. The van der Waals surface area contributed by atoms with Crippen LogP contribution in [0.2, 0.25) is 0 Å². The van der Waals surface area contributed by atoms with Crippen LogP contribution in [0.15, 0.2) is 42.7 Å². The van der Waals surface area contributed by atoms with Gasteiger partial charge in [-0.05, 0) is 43.5 Å². The maximum absolute atomic E-state index is 12.8. The van der Waals surface area contributed by atoms with Crippen LogP contribution in [0.4, 0.5) is 0 Å². The first-order chi connectivity index (χ1) is 13.3. The Balaban J connectivity index is 1.47. The largest absolute Gasteiger partial charge is 0.335 e. The minimum atomic E-state index is 0.0119. The summed E-state index contributed by atoms with van der Waals surface area (Å²) >= 11 is 0. The Labute approximate surface area is 158 Å². The van der Waals surface area contributed by atoms with Crippen molar-refractivity contribution >= 4 is 17.1 Å². The average molecular weight is 361 g/mol. The second-order valence-corrected chi connectivity index (χ2v) is 7.58. The molecular weight excluding hydrogens is 338 g/mol. The maximum Gasteiger partial charge on any atom is 0.272 e. The minimum Gasteiger partial charge on any atom is -0.335 e. The number of carbonyl (C=O) groups is 1. The summed E-state index contributed by atoms with van der Waals surface area (Å²) in [6.45, 7) is 1.44. The Morgan fingerprint density at radius 2 is 1.85 bits per heavy atom. The molecule has 1 aliphatic carbocycles. The van der Waals surface area contributed by atoms with Crippen molar-refractivity contribution in [1.29, 1.82) is 0 Å².